The summed E-state index contributed by atoms with van der Waals surface area (Å²) in [6.07, 6.45) is 3.29. The minimum atomic E-state index is -0.441. The highest BCUT2D eigenvalue weighted by molar-refractivity contribution is 5.85. The highest BCUT2D eigenvalue weighted by atomic mass is 16.5. The SMILES string of the molecule is COc1cccc([C@@H]2CN(C(=O)Cn3c(C)cc4ccccc43)C[C@]23CCCCC(=O)N3)c1. The van der Waals surface area contributed by atoms with Gasteiger partial charge in [-0.1, -0.05) is 36.8 Å². The van der Waals surface area contributed by atoms with Crippen LogP contribution in [0.1, 0.15) is 42.9 Å². The van der Waals surface area contributed by atoms with Gasteiger partial charge < -0.3 is 19.5 Å². The Morgan fingerprint density at radius 2 is 2.00 bits per heavy atom. The summed E-state index contributed by atoms with van der Waals surface area (Å²) in [4.78, 5) is 28.1. The average molecular weight is 446 g/mol. The summed E-state index contributed by atoms with van der Waals surface area (Å²) in [7, 11) is 1.66. The largest absolute Gasteiger partial charge is 0.497 e. The molecular formula is C27H31N3O3. The van der Waals surface area contributed by atoms with E-state index >= 15 is 0 Å². The summed E-state index contributed by atoms with van der Waals surface area (Å²) >= 11 is 0. The number of rotatable bonds is 4. The maximum Gasteiger partial charge on any atom is 0.242 e. The number of carbonyl (C=O) groups excluding carboxylic acids is 2. The van der Waals surface area contributed by atoms with E-state index in [2.05, 4.69) is 34.1 Å². The smallest absolute Gasteiger partial charge is 0.242 e. The van der Waals surface area contributed by atoms with Gasteiger partial charge in [-0.25, -0.2) is 0 Å². The molecule has 6 nitrogen and oxygen atoms in total. The predicted octanol–water partition coefficient (Wildman–Crippen LogP) is 4.01. The first-order valence-corrected chi connectivity index (χ1v) is 11.8. The number of aromatic nitrogens is 1. The van der Waals surface area contributed by atoms with E-state index in [9.17, 15) is 9.59 Å². The lowest BCUT2D eigenvalue weighted by Gasteiger charge is -2.34. The molecule has 2 aliphatic rings. The van der Waals surface area contributed by atoms with Crippen molar-refractivity contribution in [3.8, 4) is 5.75 Å². The number of fused-ring (bicyclic) bond motifs is 1. The summed E-state index contributed by atoms with van der Waals surface area (Å²) in [6, 6.07) is 18.3. The molecule has 172 valence electrons. The Balaban J connectivity index is 1.46. The fraction of sp³-hybridized carbons (Fsp3) is 0.407. The Morgan fingerprint density at radius 1 is 1.15 bits per heavy atom. The van der Waals surface area contributed by atoms with Gasteiger partial charge in [-0.2, -0.15) is 0 Å². The Morgan fingerprint density at radius 3 is 2.85 bits per heavy atom. The molecule has 0 saturated carbocycles. The zero-order valence-electron chi connectivity index (χ0n) is 19.3. The quantitative estimate of drug-likeness (QED) is 0.660. The van der Waals surface area contributed by atoms with Crippen LogP contribution in [0.2, 0.25) is 0 Å². The van der Waals surface area contributed by atoms with Crippen LogP contribution in [0.5, 0.6) is 5.75 Å². The van der Waals surface area contributed by atoms with Gasteiger partial charge in [-0.3, -0.25) is 9.59 Å². The van der Waals surface area contributed by atoms with E-state index in [0.29, 0.717) is 26.1 Å². The van der Waals surface area contributed by atoms with Crippen LogP contribution in [0, 0.1) is 6.92 Å². The van der Waals surface area contributed by atoms with Crippen molar-refractivity contribution in [3.63, 3.8) is 0 Å². The fourth-order valence-electron chi connectivity index (χ4n) is 5.69. The van der Waals surface area contributed by atoms with E-state index in [0.717, 1.165) is 47.2 Å². The number of ether oxygens (including phenoxy) is 1. The maximum absolute atomic E-state index is 13.6. The number of carbonyl (C=O) groups is 2. The molecule has 2 aromatic carbocycles. The molecule has 3 aromatic rings. The summed E-state index contributed by atoms with van der Waals surface area (Å²) in [5.41, 5.74) is 2.81. The number of hydrogen-bond donors (Lipinski definition) is 1. The molecule has 6 heteroatoms. The molecule has 2 atom stereocenters. The van der Waals surface area contributed by atoms with E-state index in [1.165, 1.54) is 0 Å². The topological polar surface area (TPSA) is 63.6 Å². The van der Waals surface area contributed by atoms with E-state index in [1.807, 2.05) is 42.2 Å². The number of amides is 2. The lowest BCUT2D eigenvalue weighted by atomic mass is 9.79. The molecule has 1 spiro atoms. The van der Waals surface area contributed by atoms with Crippen LogP contribution in [-0.4, -0.2) is 47.0 Å². The maximum atomic E-state index is 13.6. The van der Waals surface area contributed by atoms with Gasteiger partial charge in [-0.05, 0) is 55.0 Å². The van der Waals surface area contributed by atoms with Crippen molar-refractivity contribution in [1.82, 2.24) is 14.8 Å². The second-order valence-electron chi connectivity index (χ2n) is 9.45. The lowest BCUT2D eigenvalue weighted by Crippen LogP contribution is -2.53. The summed E-state index contributed by atoms with van der Waals surface area (Å²) in [5.74, 6) is 0.993. The first-order chi connectivity index (χ1) is 16.0. The molecule has 2 fully saturated rings. The third kappa shape index (κ3) is 3.99. The van der Waals surface area contributed by atoms with Crippen LogP contribution in [-0.2, 0) is 16.1 Å². The molecule has 0 bridgehead atoms. The normalized spacial score (nSPS) is 23.0. The van der Waals surface area contributed by atoms with Crippen LogP contribution in [0.25, 0.3) is 10.9 Å². The number of benzene rings is 2. The number of likely N-dealkylation sites (tertiary alicyclic amines) is 1. The van der Waals surface area contributed by atoms with Crippen LogP contribution in [0.3, 0.4) is 0 Å². The monoisotopic (exact) mass is 445 g/mol. The number of hydrogen-bond acceptors (Lipinski definition) is 3. The fourth-order valence-corrected chi connectivity index (χ4v) is 5.69. The first-order valence-electron chi connectivity index (χ1n) is 11.8. The van der Waals surface area contributed by atoms with Crippen molar-refractivity contribution in [2.45, 2.75) is 50.6 Å². The Kier molecular flexibility index (Phi) is 5.60. The number of aryl methyl sites for hydroxylation is 1. The van der Waals surface area contributed by atoms with E-state index in [-0.39, 0.29) is 17.7 Å². The van der Waals surface area contributed by atoms with Gasteiger partial charge >= 0.3 is 0 Å². The second kappa shape index (κ2) is 8.58. The van der Waals surface area contributed by atoms with Crippen molar-refractivity contribution in [1.29, 1.82) is 0 Å². The molecule has 2 aliphatic heterocycles. The number of methoxy groups -OCH3 is 1. The second-order valence-corrected chi connectivity index (χ2v) is 9.45. The summed E-state index contributed by atoms with van der Waals surface area (Å²) in [5, 5.41) is 4.49. The van der Waals surface area contributed by atoms with Gasteiger partial charge in [0.25, 0.3) is 0 Å². The van der Waals surface area contributed by atoms with Gasteiger partial charge in [0.1, 0.15) is 12.3 Å². The third-order valence-corrected chi connectivity index (χ3v) is 7.37. The molecule has 2 saturated heterocycles. The van der Waals surface area contributed by atoms with Gasteiger partial charge in [0.2, 0.25) is 11.8 Å². The lowest BCUT2D eigenvalue weighted by molar-refractivity contribution is -0.131. The standard InChI is InChI=1S/C27H31N3O3/c1-19-14-21-8-3-4-11-24(21)30(19)17-26(32)29-16-23(20-9-7-10-22(15-20)33-2)27(18-29)13-6-5-12-25(31)28-27/h3-4,7-11,14-15,23H,5-6,12-13,16-18H2,1-2H3,(H,28,31)/t23-,27+/m0/s1. The van der Waals surface area contributed by atoms with Crippen molar-refractivity contribution in [3.05, 3.63) is 65.9 Å². The summed E-state index contributed by atoms with van der Waals surface area (Å²) < 4.78 is 7.56. The number of para-hydroxylation sites is 1. The molecule has 0 aliphatic carbocycles. The third-order valence-electron chi connectivity index (χ3n) is 7.37. The molecule has 33 heavy (non-hydrogen) atoms. The molecule has 0 radical (unpaired) electrons. The highest BCUT2D eigenvalue weighted by Crippen LogP contribution is 2.42. The number of nitrogens with one attached hydrogen (secondary N) is 1. The Bertz CT molecular complexity index is 1200. The van der Waals surface area contributed by atoms with Crippen molar-refractivity contribution >= 4 is 22.7 Å². The van der Waals surface area contributed by atoms with Crippen LogP contribution >= 0.6 is 0 Å². The van der Waals surface area contributed by atoms with Crippen LogP contribution in [0.4, 0.5) is 0 Å². The van der Waals surface area contributed by atoms with Crippen molar-refractivity contribution in [2.24, 2.45) is 0 Å². The van der Waals surface area contributed by atoms with E-state index in [1.54, 1.807) is 7.11 Å². The summed E-state index contributed by atoms with van der Waals surface area (Å²) in [6.45, 7) is 3.47. The molecule has 2 amide bonds. The van der Waals surface area contributed by atoms with Gasteiger partial charge in [0.15, 0.2) is 0 Å². The predicted molar refractivity (Wildman–Crippen MR) is 128 cm³/mol. The van der Waals surface area contributed by atoms with Crippen molar-refractivity contribution < 1.29 is 14.3 Å². The number of nitrogens with zero attached hydrogens (tertiary/aromatic N) is 2. The minimum absolute atomic E-state index is 0.0288. The van der Waals surface area contributed by atoms with Crippen molar-refractivity contribution in [2.75, 3.05) is 20.2 Å². The highest BCUT2D eigenvalue weighted by Gasteiger charge is 2.49. The first kappa shape index (κ1) is 21.6. The Hall–Kier alpha value is -3.28. The van der Waals surface area contributed by atoms with E-state index < -0.39 is 5.54 Å². The molecule has 1 aromatic heterocycles. The Labute approximate surface area is 194 Å². The zero-order chi connectivity index (χ0) is 23.0. The van der Waals surface area contributed by atoms with Crippen LogP contribution in [0.15, 0.2) is 54.6 Å². The molecule has 0 unspecified atom stereocenters. The molecule has 3 heterocycles. The van der Waals surface area contributed by atoms with Crippen LogP contribution < -0.4 is 10.1 Å². The molecular weight excluding hydrogens is 414 g/mol. The minimum Gasteiger partial charge on any atom is -0.497 e. The molecule has 5 rings (SSSR count). The molecule has 1 N–H and O–H groups in total. The van der Waals surface area contributed by atoms with E-state index in [4.69, 9.17) is 4.74 Å². The van der Waals surface area contributed by atoms with Gasteiger partial charge in [0.05, 0.1) is 12.6 Å². The van der Waals surface area contributed by atoms with Gasteiger partial charge in [-0.15, -0.1) is 0 Å². The van der Waals surface area contributed by atoms with Gasteiger partial charge in [0, 0.05) is 36.6 Å². The zero-order valence-corrected chi connectivity index (χ0v) is 19.3. The average Bonchev–Trinajstić information content (AvgIpc) is 3.27.